The molecule has 3 rings (SSSR count). The Labute approximate surface area is 157 Å². The largest absolute Gasteiger partial charge is 0.245 e. The van der Waals surface area contributed by atoms with Crippen LogP contribution in [0.1, 0.15) is 56.7 Å². The number of nitrogens with zero attached hydrogens (tertiary/aromatic N) is 3. The first-order valence-electron chi connectivity index (χ1n) is 9.87. The molecule has 0 atom stereocenters. The van der Waals surface area contributed by atoms with Gasteiger partial charge in [0.15, 0.2) is 5.82 Å². The second-order valence-electron chi connectivity index (χ2n) is 6.87. The third-order valence-electron chi connectivity index (χ3n) is 4.69. The van der Waals surface area contributed by atoms with E-state index in [0.717, 1.165) is 37.5 Å². The van der Waals surface area contributed by atoms with Crippen molar-refractivity contribution in [2.24, 2.45) is 0 Å². The highest BCUT2D eigenvalue weighted by Crippen LogP contribution is 2.20. The summed E-state index contributed by atoms with van der Waals surface area (Å²) >= 11 is 0. The van der Waals surface area contributed by atoms with Gasteiger partial charge in [0.25, 0.3) is 0 Å². The average Bonchev–Trinajstić information content (AvgIpc) is 3.07. The van der Waals surface area contributed by atoms with Gasteiger partial charge in [-0.25, -0.2) is 9.67 Å². The van der Waals surface area contributed by atoms with Crippen LogP contribution in [0, 0.1) is 0 Å². The molecule has 3 nitrogen and oxygen atoms in total. The predicted molar refractivity (Wildman–Crippen MR) is 108 cm³/mol. The Balaban J connectivity index is 1.75. The Morgan fingerprint density at radius 1 is 0.769 bits per heavy atom. The van der Waals surface area contributed by atoms with Gasteiger partial charge in [0.2, 0.25) is 0 Å². The molecule has 0 aliphatic heterocycles. The van der Waals surface area contributed by atoms with E-state index in [0.29, 0.717) is 0 Å². The summed E-state index contributed by atoms with van der Waals surface area (Å²) in [5.74, 6) is 2.13. The van der Waals surface area contributed by atoms with Crippen LogP contribution in [0.3, 0.4) is 0 Å². The Bertz CT molecular complexity index is 788. The molecule has 0 radical (unpaired) electrons. The maximum absolute atomic E-state index is 4.80. The summed E-state index contributed by atoms with van der Waals surface area (Å²) in [7, 11) is 0. The summed E-state index contributed by atoms with van der Waals surface area (Å²) < 4.78 is 2.11. The molecule has 2 aromatic carbocycles. The second kappa shape index (κ2) is 9.33. The van der Waals surface area contributed by atoms with Crippen LogP contribution in [-0.2, 0) is 19.4 Å². The lowest BCUT2D eigenvalue weighted by Crippen LogP contribution is -2.07. The van der Waals surface area contributed by atoms with Gasteiger partial charge in [-0.2, -0.15) is 5.10 Å². The molecule has 3 heteroatoms. The van der Waals surface area contributed by atoms with Crippen LogP contribution in [0.5, 0.6) is 0 Å². The lowest BCUT2D eigenvalue weighted by molar-refractivity contribution is 0.612. The standard InChI is InChI=1S/C23H29N3/c1-3-5-12-22-24-23(13-6-4-2)26(25-22)18-19-14-16-21(17-15-19)20-10-8-7-9-11-20/h7-11,14-17H,3-6,12-13,18H2,1-2H3. The quantitative estimate of drug-likeness (QED) is 0.498. The second-order valence-corrected chi connectivity index (χ2v) is 6.87. The van der Waals surface area contributed by atoms with Crippen LogP contribution in [-0.4, -0.2) is 14.8 Å². The van der Waals surface area contributed by atoms with E-state index in [9.17, 15) is 0 Å². The van der Waals surface area contributed by atoms with E-state index >= 15 is 0 Å². The molecule has 3 aromatic rings. The molecule has 0 spiro atoms. The fraction of sp³-hybridized carbons (Fsp3) is 0.391. The minimum atomic E-state index is 0.799. The fourth-order valence-corrected chi connectivity index (χ4v) is 3.12. The molecule has 136 valence electrons. The number of unbranched alkanes of at least 4 members (excludes halogenated alkanes) is 2. The topological polar surface area (TPSA) is 30.7 Å². The molecule has 0 fully saturated rings. The maximum Gasteiger partial charge on any atom is 0.150 e. The van der Waals surface area contributed by atoms with E-state index in [-0.39, 0.29) is 0 Å². The van der Waals surface area contributed by atoms with E-state index in [1.165, 1.54) is 36.0 Å². The summed E-state index contributed by atoms with van der Waals surface area (Å²) in [6.45, 7) is 5.23. The van der Waals surface area contributed by atoms with E-state index in [1.807, 2.05) is 0 Å². The van der Waals surface area contributed by atoms with Gasteiger partial charge in [0.05, 0.1) is 6.54 Å². The Hall–Kier alpha value is -2.42. The minimum absolute atomic E-state index is 0.799. The highest BCUT2D eigenvalue weighted by Gasteiger charge is 2.10. The number of aromatic nitrogens is 3. The van der Waals surface area contributed by atoms with Crippen molar-refractivity contribution in [2.45, 2.75) is 58.9 Å². The molecular weight excluding hydrogens is 318 g/mol. The highest BCUT2D eigenvalue weighted by atomic mass is 15.3. The van der Waals surface area contributed by atoms with Crippen molar-refractivity contribution in [3.05, 3.63) is 71.8 Å². The van der Waals surface area contributed by atoms with Gasteiger partial charge < -0.3 is 0 Å². The normalized spacial score (nSPS) is 11.0. The van der Waals surface area contributed by atoms with E-state index in [4.69, 9.17) is 10.1 Å². The van der Waals surface area contributed by atoms with Gasteiger partial charge in [0, 0.05) is 12.8 Å². The van der Waals surface area contributed by atoms with Crippen LogP contribution in [0.4, 0.5) is 0 Å². The zero-order valence-corrected chi connectivity index (χ0v) is 16.0. The van der Waals surface area contributed by atoms with Gasteiger partial charge in [0.1, 0.15) is 5.82 Å². The molecule has 0 aliphatic carbocycles. The first kappa shape index (κ1) is 18.4. The highest BCUT2D eigenvalue weighted by molar-refractivity contribution is 5.63. The van der Waals surface area contributed by atoms with Crippen molar-refractivity contribution in [3.63, 3.8) is 0 Å². The Kier molecular flexibility index (Phi) is 6.59. The van der Waals surface area contributed by atoms with Crippen LogP contribution in [0.15, 0.2) is 54.6 Å². The number of aryl methyl sites for hydroxylation is 2. The van der Waals surface area contributed by atoms with Gasteiger partial charge in [-0.15, -0.1) is 0 Å². The Morgan fingerprint density at radius 2 is 1.42 bits per heavy atom. The van der Waals surface area contributed by atoms with Crippen molar-refractivity contribution in [3.8, 4) is 11.1 Å². The Morgan fingerprint density at radius 3 is 2.12 bits per heavy atom. The van der Waals surface area contributed by atoms with Crippen LogP contribution >= 0.6 is 0 Å². The fourth-order valence-electron chi connectivity index (χ4n) is 3.12. The van der Waals surface area contributed by atoms with E-state index < -0.39 is 0 Å². The molecule has 0 amide bonds. The molecule has 0 aliphatic rings. The maximum atomic E-state index is 4.80. The van der Waals surface area contributed by atoms with Gasteiger partial charge in [-0.3, -0.25) is 0 Å². The van der Waals surface area contributed by atoms with Gasteiger partial charge in [-0.05, 0) is 29.5 Å². The average molecular weight is 348 g/mol. The molecule has 0 unspecified atom stereocenters. The molecule has 1 heterocycles. The van der Waals surface area contributed by atoms with Crippen LogP contribution in [0.25, 0.3) is 11.1 Å². The zero-order valence-electron chi connectivity index (χ0n) is 16.0. The number of rotatable bonds is 9. The molecular formula is C23H29N3. The van der Waals surface area contributed by atoms with E-state index in [1.54, 1.807) is 0 Å². The zero-order chi connectivity index (χ0) is 18.2. The smallest absolute Gasteiger partial charge is 0.150 e. The number of hydrogen-bond donors (Lipinski definition) is 0. The van der Waals surface area contributed by atoms with Crippen molar-refractivity contribution in [1.82, 2.24) is 14.8 Å². The summed E-state index contributed by atoms with van der Waals surface area (Å²) in [5, 5.41) is 4.78. The van der Waals surface area contributed by atoms with Crippen molar-refractivity contribution in [2.75, 3.05) is 0 Å². The summed E-state index contributed by atoms with van der Waals surface area (Å²) in [6.07, 6.45) is 6.68. The SMILES string of the molecule is CCCCc1nc(CCCC)n(Cc2ccc(-c3ccccc3)cc2)n1. The molecule has 1 aromatic heterocycles. The minimum Gasteiger partial charge on any atom is -0.245 e. The van der Waals surface area contributed by atoms with Crippen LogP contribution in [0.2, 0.25) is 0 Å². The lowest BCUT2D eigenvalue weighted by atomic mass is 10.0. The van der Waals surface area contributed by atoms with Gasteiger partial charge >= 0.3 is 0 Å². The molecule has 0 saturated carbocycles. The van der Waals surface area contributed by atoms with Crippen LogP contribution < -0.4 is 0 Å². The molecule has 0 saturated heterocycles. The third-order valence-corrected chi connectivity index (χ3v) is 4.69. The lowest BCUT2D eigenvalue weighted by Gasteiger charge is -2.07. The summed E-state index contributed by atoms with van der Waals surface area (Å²) in [5.41, 5.74) is 3.78. The van der Waals surface area contributed by atoms with Crippen molar-refractivity contribution in [1.29, 1.82) is 0 Å². The number of hydrogen-bond acceptors (Lipinski definition) is 2. The first-order valence-corrected chi connectivity index (χ1v) is 9.87. The number of benzene rings is 2. The van der Waals surface area contributed by atoms with E-state index in [2.05, 4.69) is 73.1 Å². The monoisotopic (exact) mass is 347 g/mol. The molecule has 26 heavy (non-hydrogen) atoms. The van der Waals surface area contributed by atoms with Crippen molar-refractivity contribution < 1.29 is 0 Å². The summed E-state index contributed by atoms with van der Waals surface area (Å²) in [4.78, 5) is 4.80. The molecule has 0 bridgehead atoms. The first-order chi connectivity index (χ1) is 12.8. The predicted octanol–water partition coefficient (Wildman–Crippen LogP) is 5.68. The summed E-state index contributed by atoms with van der Waals surface area (Å²) in [6, 6.07) is 19.3. The van der Waals surface area contributed by atoms with Gasteiger partial charge in [-0.1, -0.05) is 81.3 Å². The molecule has 0 N–H and O–H groups in total. The third kappa shape index (κ3) is 4.81. The van der Waals surface area contributed by atoms with Crippen molar-refractivity contribution >= 4 is 0 Å².